The number of carbonyl (C=O) groups excluding carboxylic acids is 2. The Morgan fingerprint density at radius 3 is 2.41 bits per heavy atom. The molecule has 0 atom stereocenters. The number of hydrogen-bond donors (Lipinski definition) is 1. The molecule has 0 spiro atoms. The van der Waals surface area contributed by atoms with Crippen molar-refractivity contribution in [1.82, 2.24) is 4.31 Å². The van der Waals surface area contributed by atoms with Crippen LogP contribution in [0, 0.1) is 0 Å². The molecule has 0 radical (unpaired) electrons. The van der Waals surface area contributed by atoms with Crippen LogP contribution in [0.3, 0.4) is 0 Å². The summed E-state index contributed by atoms with van der Waals surface area (Å²) in [6, 6.07) is 12.2. The number of rotatable bonds is 10. The Kier molecular flexibility index (Phi) is 8.33. The molecule has 2 aromatic carbocycles. The molecule has 1 aliphatic rings. The molecule has 2 aromatic rings. The lowest BCUT2D eigenvalue weighted by atomic mass is 10.1. The van der Waals surface area contributed by atoms with Gasteiger partial charge in [-0.2, -0.15) is 4.31 Å². The van der Waals surface area contributed by atoms with E-state index in [1.54, 1.807) is 13.8 Å². The molecule has 7 nitrogen and oxygen atoms in total. The van der Waals surface area contributed by atoms with Crippen LogP contribution >= 0.6 is 11.8 Å². The van der Waals surface area contributed by atoms with E-state index in [4.69, 9.17) is 4.74 Å². The number of nitrogens with one attached hydrogen (secondary N) is 1. The third-order valence-electron chi connectivity index (χ3n) is 5.27. The van der Waals surface area contributed by atoms with Gasteiger partial charge in [-0.1, -0.05) is 19.9 Å². The maximum atomic E-state index is 12.5. The van der Waals surface area contributed by atoms with E-state index in [2.05, 4.69) is 17.4 Å². The quantitative estimate of drug-likeness (QED) is 0.417. The number of carbonyl (C=O) groups is 2. The van der Waals surface area contributed by atoms with Gasteiger partial charge in [-0.3, -0.25) is 9.59 Å². The fraction of sp³-hybridized carbons (Fsp3) is 0.391. The van der Waals surface area contributed by atoms with Gasteiger partial charge in [-0.15, -0.1) is 11.8 Å². The van der Waals surface area contributed by atoms with E-state index in [9.17, 15) is 18.0 Å². The van der Waals surface area contributed by atoms with Crippen LogP contribution in [0.1, 0.15) is 31.4 Å². The highest BCUT2D eigenvalue weighted by Gasteiger charge is 2.21. The monoisotopic (exact) mass is 476 g/mol. The topological polar surface area (TPSA) is 92.8 Å². The van der Waals surface area contributed by atoms with Crippen molar-refractivity contribution in [3.05, 3.63) is 53.6 Å². The maximum Gasteiger partial charge on any atom is 0.316 e. The molecule has 9 heteroatoms. The summed E-state index contributed by atoms with van der Waals surface area (Å²) in [5.41, 5.74) is 3.16. The number of fused-ring (bicyclic) bond motifs is 1. The van der Waals surface area contributed by atoms with Crippen molar-refractivity contribution in [3.8, 4) is 0 Å². The van der Waals surface area contributed by atoms with Crippen LogP contribution in [0.5, 0.6) is 0 Å². The number of thioether (sulfide) groups is 1. The summed E-state index contributed by atoms with van der Waals surface area (Å²) in [5.74, 6) is -0.823. The molecule has 1 N–H and O–H groups in total. The zero-order chi connectivity index (χ0) is 23.1. The average molecular weight is 477 g/mol. The fourth-order valence-corrected chi connectivity index (χ4v) is 5.80. The zero-order valence-electron chi connectivity index (χ0n) is 18.3. The molecule has 1 aliphatic carbocycles. The van der Waals surface area contributed by atoms with Crippen LogP contribution < -0.4 is 5.32 Å². The van der Waals surface area contributed by atoms with E-state index in [0.29, 0.717) is 18.8 Å². The van der Waals surface area contributed by atoms with E-state index < -0.39 is 28.5 Å². The minimum Gasteiger partial charge on any atom is -0.455 e. The van der Waals surface area contributed by atoms with Crippen molar-refractivity contribution in [3.63, 3.8) is 0 Å². The van der Waals surface area contributed by atoms with Crippen molar-refractivity contribution >= 4 is 39.3 Å². The summed E-state index contributed by atoms with van der Waals surface area (Å²) in [4.78, 5) is 25.3. The smallest absolute Gasteiger partial charge is 0.316 e. The molecule has 0 bridgehead atoms. The molecule has 172 valence electrons. The zero-order valence-corrected chi connectivity index (χ0v) is 19.9. The molecule has 0 unspecified atom stereocenters. The Balaban J connectivity index is 1.44. The van der Waals surface area contributed by atoms with Crippen molar-refractivity contribution < 1.29 is 22.7 Å². The van der Waals surface area contributed by atoms with Crippen molar-refractivity contribution in [1.29, 1.82) is 0 Å². The Hall–Kier alpha value is -2.36. The lowest BCUT2D eigenvalue weighted by Gasteiger charge is -2.18. The summed E-state index contributed by atoms with van der Waals surface area (Å²) < 4.78 is 31.4. The summed E-state index contributed by atoms with van der Waals surface area (Å²) in [6.07, 6.45) is 3.37. The van der Waals surface area contributed by atoms with Crippen molar-refractivity contribution in [2.24, 2.45) is 0 Å². The van der Waals surface area contributed by atoms with Gasteiger partial charge in [0.15, 0.2) is 6.61 Å². The number of amides is 1. The lowest BCUT2D eigenvalue weighted by molar-refractivity contribution is -0.144. The third-order valence-corrected chi connectivity index (χ3v) is 8.30. The van der Waals surface area contributed by atoms with Gasteiger partial charge in [0.25, 0.3) is 5.91 Å². The highest BCUT2D eigenvalue weighted by atomic mass is 32.2. The van der Waals surface area contributed by atoms with Gasteiger partial charge in [0.05, 0.1) is 10.6 Å². The number of benzene rings is 2. The van der Waals surface area contributed by atoms with Gasteiger partial charge < -0.3 is 10.1 Å². The van der Waals surface area contributed by atoms with E-state index in [0.717, 1.165) is 17.7 Å². The Bertz CT molecular complexity index is 1060. The first-order valence-electron chi connectivity index (χ1n) is 10.6. The van der Waals surface area contributed by atoms with Crippen LogP contribution in [0.2, 0.25) is 0 Å². The molecule has 0 fully saturated rings. The minimum atomic E-state index is -3.55. The normalized spacial score (nSPS) is 13.1. The lowest BCUT2D eigenvalue weighted by Crippen LogP contribution is -2.30. The van der Waals surface area contributed by atoms with Crippen LogP contribution in [-0.4, -0.2) is 50.0 Å². The summed E-state index contributed by atoms with van der Waals surface area (Å²) >= 11 is 1.39. The predicted octanol–water partition coefficient (Wildman–Crippen LogP) is 3.48. The van der Waals surface area contributed by atoms with Gasteiger partial charge in [-0.05, 0) is 66.8 Å². The number of nitrogens with zero attached hydrogens (tertiary/aromatic N) is 1. The molecule has 0 saturated carbocycles. The Labute approximate surface area is 193 Å². The number of anilines is 1. The summed E-state index contributed by atoms with van der Waals surface area (Å²) in [7, 11) is -3.55. The molecular formula is C23H28N2O5S2. The first-order chi connectivity index (χ1) is 15.3. The second kappa shape index (κ2) is 11.0. The van der Waals surface area contributed by atoms with Crippen molar-refractivity contribution in [2.45, 2.75) is 42.9 Å². The highest BCUT2D eigenvalue weighted by molar-refractivity contribution is 8.00. The first-order valence-corrected chi connectivity index (χ1v) is 13.1. The first kappa shape index (κ1) is 24.3. The molecule has 1 amide bonds. The minimum absolute atomic E-state index is 0.129. The standard InChI is InChI=1S/C23H28N2O5S2/c1-3-25(4-2)32(28,29)21-12-9-19(10-13-21)24-22(26)15-30-23(27)16-31-20-11-8-17-6-5-7-18(17)14-20/h8-14H,3-7,15-16H2,1-2H3,(H,24,26). The van der Waals surface area contributed by atoms with Crippen LogP contribution in [0.25, 0.3) is 0 Å². The van der Waals surface area contributed by atoms with E-state index >= 15 is 0 Å². The Morgan fingerprint density at radius 1 is 1.03 bits per heavy atom. The van der Waals surface area contributed by atoms with E-state index in [1.165, 1.54) is 57.9 Å². The summed E-state index contributed by atoms with van der Waals surface area (Å²) in [5, 5.41) is 2.60. The van der Waals surface area contributed by atoms with Gasteiger partial charge >= 0.3 is 5.97 Å². The molecular weight excluding hydrogens is 448 g/mol. The molecule has 0 heterocycles. The molecule has 3 rings (SSSR count). The van der Waals surface area contributed by atoms with E-state index in [-0.39, 0.29) is 10.6 Å². The summed E-state index contributed by atoms with van der Waals surface area (Å²) in [6.45, 7) is 3.92. The third kappa shape index (κ3) is 6.11. The molecule has 0 saturated heterocycles. The fourth-order valence-electron chi connectivity index (χ4n) is 3.59. The largest absolute Gasteiger partial charge is 0.455 e. The number of esters is 1. The maximum absolute atomic E-state index is 12.5. The SMILES string of the molecule is CCN(CC)S(=O)(=O)c1ccc(NC(=O)COC(=O)CSc2ccc3c(c2)CCC3)cc1. The molecule has 32 heavy (non-hydrogen) atoms. The second-order valence-corrected chi connectivity index (χ2v) is 10.4. The van der Waals surface area contributed by atoms with Gasteiger partial charge in [0, 0.05) is 23.7 Å². The predicted molar refractivity (Wildman–Crippen MR) is 125 cm³/mol. The van der Waals surface area contributed by atoms with Gasteiger partial charge in [-0.25, -0.2) is 8.42 Å². The van der Waals surface area contributed by atoms with Gasteiger partial charge in [0.2, 0.25) is 10.0 Å². The Morgan fingerprint density at radius 2 is 1.72 bits per heavy atom. The van der Waals surface area contributed by atoms with Crippen LogP contribution in [0.15, 0.2) is 52.3 Å². The second-order valence-electron chi connectivity index (χ2n) is 7.40. The molecule has 0 aromatic heterocycles. The van der Waals surface area contributed by atoms with Crippen LogP contribution in [0.4, 0.5) is 5.69 Å². The average Bonchev–Trinajstić information content (AvgIpc) is 3.25. The number of aryl methyl sites for hydroxylation is 2. The number of sulfonamides is 1. The van der Waals surface area contributed by atoms with Gasteiger partial charge in [0.1, 0.15) is 0 Å². The van der Waals surface area contributed by atoms with Crippen molar-refractivity contribution in [2.75, 3.05) is 30.8 Å². The number of hydrogen-bond acceptors (Lipinski definition) is 6. The van der Waals surface area contributed by atoms with Crippen LogP contribution in [-0.2, 0) is 37.2 Å². The molecule has 0 aliphatic heterocycles. The number of ether oxygens (including phenoxy) is 1. The highest BCUT2D eigenvalue weighted by Crippen LogP contribution is 2.27. The van der Waals surface area contributed by atoms with E-state index in [1.807, 2.05) is 6.07 Å².